The Kier molecular flexibility index (Phi) is 9.11. The van der Waals surface area contributed by atoms with Crippen molar-refractivity contribution in [3.8, 4) is 0 Å². The molecule has 2 aliphatic heterocycles. The molecule has 17 heteroatoms. The first kappa shape index (κ1) is 33.0. The summed E-state index contributed by atoms with van der Waals surface area (Å²) in [4.78, 5) is 39.9. The number of piperazine rings is 1. The number of likely N-dealkylation sites (N-methyl/N-ethyl adjacent to an activating group) is 1. The third-order valence-corrected chi connectivity index (χ3v) is 9.64. The van der Waals surface area contributed by atoms with Crippen LogP contribution in [0.25, 0.3) is 5.78 Å². The van der Waals surface area contributed by atoms with Crippen molar-refractivity contribution in [3.63, 3.8) is 0 Å². The van der Waals surface area contributed by atoms with Crippen LogP contribution in [0.5, 0.6) is 0 Å². The van der Waals surface area contributed by atoms with Crippen molar-refractivity contribution >= 4 is 23.4 Å². The molecule has 2 N–H and O–H groups in total. The van der Waals surface area contributed by atoms with Gasteiger partial charge in [-0.05, 0) is 45.2 Å². The van der Waals surface area contributed by atoms with Crippen LogP contribution >= 0.6 is 0 Å². The molecule has 0 radical (unpaired) electrons. The Balaban J connectivity index is 1.36. The SMILES string of the molecule is CCn1nccc1C(=O)N[C@H](c1cn2nc(C[C@H]3C[C@@H](C(F)(F)F)CNC3=O)c(N3CCN(C)CC3)nc2n1)C1CCC(F)(F)CC1. The highest BCUT2D eigenvalue weighted by Gasteiger charge is 2.45. The van der Waals surface area contributed by atoms with E-state index in [1.165, 1.54) is 15.4 Å². The molecule has 2 saturated heterocycles. The minimum atomic E-state index is -4.45. The Morgan fingerprint density at radius 2 is 1.87 bits per heavy atom. The number of hydrogen-bond donors (Lipinski definition) is 2. The van der Waals surface area contributed by atoms with Gasteiger partial charge in [0.15, 0.2) is 5.82 Å². The van der Waals surface area contributed by atoms with E-state index in [0.717, 1.165) is 13.1 Å². The number of aryl methyl sites for hydroxylation is 1. The summed E-state index contributed by atoms with van der Waals surface area (Å²) in [6.45, 7) is 4.47. The van der Waals surface area contributed by atoms with Gasteiger partial charge in [0.05, 0.1) is 23.9 Å². The summed E-state index contributed by atoms with van der Waals surface area (Å²) in [7, 11) is 1.99. The van der Waals surface area contributed by atoms with Gasteiger partial charge in [-0.2, -0.15) is 28.4 Å². The molecule has 0 unspecified atom stereocenters. The number of nitrogens with zero attached hydrogens (tertiary/aromatic N) is 8. The maximum Gasteiger partial charge on any atom is 0.393 e. The monoisotopic (exact) mass is 666 g/mol. The summed E-state index contributed by atoms with van der Waals surface area (Å²) in [5, 5.41) is 14.3. The normalized spacial score (nSPS) is 23.6. The van der Waals surface area contributed by atoms with Crippen LogP contribution in [-0.4, -0.2) is 97.9 Å². The number of rotatable bonds is 8. The number of aromatic nitrogens is 6. The van der Waals surface area contributed by atoms with Gasteiger partial charge in [-0.1, -0.05) is 0 Å². The van der Waals surface area contributed by atoms with E-state index in [-0.39, 0.29) is 50.2 Å². The molecule has 0 aromatic carbocycles. The van der Waals surface area contributed by atoms with Crippen molar-refractivity contribution in [1.29, 1.82) is 0 Å². The topological polar surface area (TPSA) is 126 Å². The molecule has 0 bridgehead atoms. The fraction of sp³-hybridized carbons (Fsp3) is 0.667. The number of alkyl halides is 5. The molecule has 256 valence electrons. The molecule has 2 amide bonds. The second-order valence-corrected chi connectivity index (χ2v) is 12.9. The number of anilines is 1. The fourth-order valence-corrected chi connectivity index (χ4v) is 6.80. The highest BCUT2D eigenvalue weighted by atomic mass is 19.4. The highest BCUT2D eigenvalue weighted by molar-refractivity contribution is 5.92. The van der Waals surface area contributed by atoms with Crippen LogP contribution in [-0.2, 0) is 17.8 Å². The van der Waals surface area contributed by atoms with Crippen LogP contribution in [0.1, 0.15) is 66.9 Å². The van der Waals surface area contributed by atoms with Gasteiger partial charge in [0.25, 0.3) is 11.7 Å². The molecule has 6 rings (SSSR count). The molecule has 3 fully saturated rings. The summed E-state index contributed by atoms with van der Waals surface area (Å²) < 4.78 is 72.1. The molecular formula is C30H39F5N10O2. The summed E-state index contributed by atoms with van der Waals surface area (Å²) in [5.74, 6) is -6.01. The number of fused-ring (bicyclic) bond motifs is 1. The van der Waals surface area contributed by atoms with Gasteiger partial charge in [-0.15, -0.1) is 0 Å². The van der Waals surface area contributed by atoms with Gasteiger partial charge in [0.2, 0.25) is 11.8 Å². The molecule has 47 heavy (non-hydrogen) atoms. The van der Waals surface area contributed by atoms with Crippen LogP contribution in [0.3, 0.4) is 0 Å². The number of halogens is 5. The van der Waals surface area contributed by atoms with E-state index < -0.39 is 48.3 Å². The summed E-state index contributed by atoms with van der Waals surface area (Å²) in [6, 6.07) is 0.839. The first-order valence-electron chi connectivity index (χ1n) is 16.1. The maximum atomic E-state index is 14.2. The van der Waals surface area contributed by atoms with Crippen LogP contribution in [0.15, 0.2) is 18.5 Å². The molecule has 1 aliphatic carbocycles. The molecule has 5 heterocycles. The first-order valence-corrected chi connectivity index (χ1v) is 16.1. The van der Waals surface area contributed by atoms with E-state index in [2.05, 4.69) is 20.6 Å². The number of imidazole rings is 1. The van der Waals surface area contributed by atoms with Crippen molar-refractivity contribution in [3.05, 3.63) is 35.5 Å². The van der Waals surface area contributed by atoms with Crippen LogP contribution < -0.4 is 15.5 Å². The molecule has 3 aromatic rings. The number of piperidine rings is 1. The smallest absolute Gasteiger partial charge is 0.355 e. The summed E-state index contributed by atoms with van der Waals surface area (Å²) >= 11 is 0. The third-order valence-electron chi connectivity index (χ3n) is 9.64. The molecule has 1 saturated carbocycles. The lowest BCUT2D eigenvalue weighted by molar-refractivity contribution is -0.183. The van der Waals surface area contributed by atoms with Crippen molar-refractivity contribution in [2.45, 2.75) is 70.1 Å². The summed E-state index contributed by atoms with van der Waals surface area (Å²) in [5.41, 5.74) is 1.06. The van der Waals surface area contributed by atoms with Gasteiger partial charge in [-0.3, -0.25) is 14.3 Å². The Hall–Kier alpha value is -3.89. The number of nitrogens with one attached hydrogen (secondary N) is 2. The lowest BCUT2D eigenvalue weighted by atomic mass is 9.81. The number of hydrogen-bond acceptors (Lipinski definition) is 8. The van der Waals surface area contributed by atoms with Gasteiger partial charge in [0, 0.05) is 70.6 Å². The lowest BCUT2D eigenvalue weighted by Gasteiger charge is -2.34. The Bertz CT molecular complexity index is 1590. The number of carbonyl (C=O) groups excluding carboxylic acids is 2. The minimum Gasteiger partial charge on any atom is -0.355 e. The molecule has 3 atom stereocenters. The second-order valence-electron chi connectivity index (χ2n) is 12.9. The standard InChI is InChI=1S/C30H39F5N10O2/c1-3-44-23(6-9-37-44)27(47)39-24(18-4-7-29(31,32)8-5-18)22-17-45-28(38-22)40-25(43-12-10-42(2)11-13-43)21(41-45)15-19-14-20(30(33,34)35)16-36-26(19)46/h6,9,17-20,24H,3-5,7-8,10-16H2,1-2H3,(H,36,46)(H,39,47)/t19-,20-,24+/m1/s1. The summed E-state index contributed by atoms with van der Waals surface area (Å²) in [6.07, 6.45) is -2.09. The zero-order valence-corrected chi connectivity index (χ0v) is 26.3. The second kappa shape index (κ2) is 13.0. The van der Waals surface area contributed by atoms with Crippen LogP contribution in [0.2, 0.25) is 0 Å². The zero-order valence-electron chi connectivity index (χ0n) is 26.3. The van der Waals surface area contributed by atoms with Crippen LogP contribution in [0, 0.1) is 17.8 Å². The van der Waals surface area contributed by atoms with Gasteiger partial charge in [-0.25, -0.2) is 18.3 Å². The van der Waals surface area contributed by atoms with Crippen molar-refractivity contribution in [1.82, 2.24) is 44.9 Å². The zero-order chi connectivity index (χ0) is 33.5. The van der Waals surface area contributed by atoms with Crippen LogP contribution in [0.4, 0.5) is 27.8 Å². The first-order chi connectivity index (χ1) is 22.3. The molecule has 3 aliphatic rings. The minimum absolute atomic E-state index is 0.0601. The molecule has 3 aromatic heterocycles. The van der Waals surface area contributed by atoms with E-state index in [1.54, 1.807) is 12.3 Å². The molecular weight excluding hydrogens is 627 g/mol. The number of carbonyl (C=O) groups is 2. The molecule has 12 nitrogen and oxygen atoms in total. The average molecular weight is 667 g/mol. The average Bonchev–Trinajstić information content (AvgIpc) is 3.67. The Labute approximate surface area is 268 Å². The predicted octanol–water partition coefficient (Wildman–Crippen LogP) is 3.25. The van der Waals surface area contributed by atoms with E-state index in [4.69, 9.17) is 15.1 Å². The lowest BCUT2D eigenvalue weighted by Crippen LogP contribution is -2.48. The fourth-order valence-electron chi connectivity index (χ4n) is 6.80. The Morgan fingerprint density at radius 1 is 1.15 bits per heavy atom. The largest absolute Gasteiger partial charge is 0.393 e. The van der Waals surface area contributed by atoms with Crippen molar-refractivity contribution in [2.75, 3.05) is 44.7 Å². The van der Waals surface area contributed by atoms with E-state index in [1.807, 2.05) is 18.9 Å². The van der Waals surface area contributed by atoms with E-state index >= 15 is 0 Å². The Morgan fingerprint density at radius 3 is 2.55 bits per heavy atom. The van der Waals surface area contributed by atoms with Crippen molar-refractivity contribution in [2.24, 2.45) is 17.8 Å². The van der Waals surface area contributed by atoms with E-state index in [9.17, 15) is 31.5 Å². The van der Waals surface area contributed by atoms with Gasteiger partial charge in [0.1, 0.15) is 11.4 Å². The van der Waals surface area contributed by atoms with E-state index in [0.29, 0.717) is 42.5 Å². The maximum absolute atomic E-state index is 14.2. The number of amides is 2. The third kappa shape index (κ3) is 7.18. The van der Waals surface area contributed by atoms with Gasteiger partial charge < -0.3 is 20.4 Å². The molecule has 0 spiro atoms. The van der Waals surface area contributed by atoms with Crippen molar-refractivity contribution < 1.29 is 31.5 Å². The predicted molar refractivity (Wildman–Crippen MR) is 160 cm³/mol. The van der Waals surface area contributed by atoms with Gasteiger partial charge >= 0.3 is 6.18 Å². The highest BCUT2D eigenvalue weighted by Crippen LogP contribution is 2.41. The quantitative estimate of drug-likeness (QED) is 0.352.